The van der Waals surface area contributed by atoms with Gasteiger partial charge < -0.3 is 10.1 Å². The molecular weight excluding hydrogens is 374 g/mol. The fourth-order valence-electron chi connectivity index (χ4n) is 2.81. The topological polar surface area (TPSA) is 72.5 Å². The summed E-state index contributed by atoms with van der Waals surface area (Å²) in [6, 6.07) is 6.85. The molecule has 1 aliphatic carbocycles. The third-order valence-electron chi connectivity index (χ3n) is 4.19. The quantitative estimate of drug-likeness (QED) is 0.592. The van der Waals surface area contributed by atoms with Gasteiger partial charge in [-0.15, -0.1) is 0 Å². The van der Waals surface area contributed by atoms with Crippen LogP contribution in [0.3, 0.4) is 0 Å². The monoisotopic (exact) mass is 395 g/mol. The van der Waals surface area contributed by atoms with E-state index in [4.69, 9.17) is 4.74 Å². The Morgan fingerprint density at radius 2 is 1.79 bits per heavy atom. The van der Waals surface area contributed by atoms with Crippen molar-refractivity contribution in [3.8, 4) is 0 Å². The van der Waals surface area contributed by atoms with E-state index in [1.165, 1.54) is 13.3 Å². The number of nitrogens with one attached hydrogen (secondary N) is 1. The van der Waals surface area contributed by atoms with E-state index in [0.717, 1.165) is 30.2 Å². The molecule has 1 atom stereocenters. The lowest BCUT2D eigenvalue weighted by molar-refractivity contribution is -0.146. The van der Waals surface area contributed by atoms with Gasteiger partial charge in [-0.05, 0) is 31.9 Å². The Kier molecular flexibility index (Phi) is 6.97. The summed E-state index contributed by atoms with van der Waals surface area (Å²) in [6.07, 6.45) is 4.15. The van der Waals surface area contributed by atoms with Gasteiger partial charge in [0.25, 0.3) is 0 Å². The lowest BCUT2D eigenvalue weighted by atomic mass is 9.89. The van der Waals surface area contributed by atoms with Crippen LogP contribution in [0, 0.1) is 5.92 Å². The first-order chi connectivity index (χ1) is 11.5. The second-order valence-corrected chi connectivity index (χ2v) is 6.97. The van der Waals surface area contributed by atoms with E-state index >= 15 is 0 Å². The lowest BCUT2D eigenvalue weighted by Crippen LogP contribution is -2.37. The maximum absolute atomic E-state index is 12.2. The molecule has 1 fully saturated rings. The predicted octanol–water partition coefficient (Wildman–Crippen LogP) is 3.26. The summed E-state index contributed by atoms with van der Waals surface area (Å²) >= 11 is 3.30. The summed E-state index contributed by atoms with van der Waals surface area (Å²) < 4.78 is 5.99. The average Bonchev–Trinajstić information content (AvgIpc) is 2.60. The lowest BCUT2D eigenvalue weighted by Gasteiger charge is -2.20. The highest BCUT2D eigenvalue weighted by Gasteiger charge is 2.23. The third-order valence-corrected chi connectivity index (χ3v) is 4.72. The van der Waals surface area contributed by atoms with Gasteiger partial charge in [0.1, 0.15) is 6.54 Å². The molecule has 6 heteroatoms. The van der Waals surface area contributed by atoms with E-state index in [2.05, 4.69) is 21.2 Å². The van der Waals surface area contributed by atoms with Crippen molar-refractivity contribution in [3.05, 3.63) is 34.3 Å². The van der Waals surface area contributed by atoms with Crippen molar-refractivity contribution >= 4 is 33.6 Å². The molecule has 0 radical (unpaired) electrons. The van der Waals surface area contributed by atoms with E-state index in [0.29, 0.717) is 5.56 Å². The number of amides is 1. The van der Waals surface area contributed by atoms with Crippen molar-refractivity contribution in [2.45, 2.75) is 45.1 Å². The van der Waals surface area contributed by atoms with Gasteiger partial charge in [0.05, 0.1) is 0 Å². The minimum atomic E-state index is -0.884. The van der Waals surface area contributed by atoms with E-state index in [9.17, 15) is 14.4 Å². The van der Waals surface area contributed by atoms with Crippen LogP contribution in [-0.4, -0.2) is 30.3 Å². The molecule has 0 unspecified atom stereocenters. The molecule has 0 aliphatic heterocycles. The highest BCUT2D eigenvalue weighted by atomic mass is 79.9. The Labute approximate surface area is 150 Å². The smallest absolute Gasteiger partial charge is 0.326 e. The Balaban J connectivity index is 1.77. The van der Waals surface area contributed by atoms with Crippen molar-refractivity contribution in [1.82, 2.24) is 5.32 Å². The molecule has 24 heavy (non-hydrogen) atoms. The number of ketones is 1. The molecule has 1 aromatic carbocycles. The summed E-state index contributed by atoms with van der Waals surface area (Å²) in [5.41, 5.74) is 0.477. The number of hydrogen-bond acceptors (Lipinski definition) is 4. The summed E-state index contributed by atoms with van der Waals surface area (Å²) in [7, 11) is 0. The molecule has 1 N–H and O–H groups in total. The van der Waals surface area contributed by atoms with Gasteiger partial charge in [0.15, 0.2) is 6.10 Å². The van der Waals surface area contributed by atoms with Crippen molar-refractivity contribution in [1.29, 1.82) is 0 Å². The van der Waals surface area contributed by atoms with Gasteiger partial charge in [-0.25, -0.2) is 0 Å². The molecule has 1 aliphatic rings. The average molecular weight is 396 g/mol. The van der Waals surface area contributed by atoms with Gasteiger partial charge in [-0.3, -0.25) is 14.4 Å². The van der Waals surface area contributed by atoms with Crippen LogP contribution in [0.2, 0.25) is 0 Å². The standard InChI is InChI=1S/C18H22BrNO4/c1-12(17(22)13-7-9-15(19)10-8-13)24-16(21)11-20-18(23)14-5-3-2-4-6-14/h7-10,12,14H,2-6,11H2,1H3,(H,20,23)/t12-/m1/s1. The van der Waals surface area contributed by atoms with E-state index in [1.807, 2.05) is 0 Å². The number of halogens is 1. The van der Waals surface area contributed by atoms with Crippen LogP contribution >= 0.6 is 15.9 Å². The molecule has 2 rings (SSSR count). The molecule has 1 amide bonds. The van der Waals surface area contributed by atoms with Crippen LogP contribution in [0.5, 0.6) is 0 Å². The zero-order valence-electron chi connectivity index (χ0n) is 13.7. The summed E-state index contributed by atoms with van der Waals surface area (Å²) in [6.45, 7) is 1.33. The molecular formula is C18H22BrNO4. The number of carbonyl (C=O) groups is 3. The SMILES string of the molecule is C[C@@H](OC(=O)CNC(=O)C1CCCCC1)C(=O)c1ccc(Br)cc1. The number of hydrogen-bond donors (Lipinski definition) is 1. The van der Waals surface area contributed by atoms with Crippen LogP contribution in [0.4, 0.5) is 0 Å². The normalized spacial score (nSPS) is 16.2. The molecule has 5 nitrogen and oxygen atoms in total. The first-order valence-corrected chi connectivity index (χ1v) is 9.03. The van der Waals surface area contributed by atoms with Crippen molar-refractivity contribution < 1.29 is 19.1 Å². The molecule has 0 aromatic heterocycles. The second kappa shape index (κ2) is 8.97. The van der Waals surface area contributed by atoms with Crippen LogP contribution in [0.15, 0.2) is 28.7 Å². The molecule has 0 saturated heterocycles. The number of ether oxygens (including phenoxy) is 1. The fourth-order valence-corrected chi connectivity index (χ4v) is 3.07. The Bertz CT molecular complexity index is 594. The molecule has 0 spiro atoms. The van der Waals surface area contributed by atoms with Gasteiger partial charge >= 0.3 is 5.97 Å². The minimum Gasteiger partial charge on any atom is -0.453 e. The van der Waals surface area contributed by atoms with E-state index < -0.39 is 12.1 Å². The zero-order valence-corrected chi connectivity index (χ0v) is 15.3. The Morgan fingerprint density at radius 1 is 1.17 bits per heavy atom. The zero-order chi connectivity index (χ0) is 17.5. The molecule has 0 bridgehead atoms. The van der Waals surface area contributed by atoms with Crippen molar-refractivity contribution in [2.24, 2.45) is 5.92 Å². The summed E-state index contributed by atoms with van der Waals surface area (Å²) in [5.74, 6) is -0.974. The number of Topliss-reactive ketones (excluding diaryl/α,β-unsaturated/α-hetero) is 1. The maximum Gasteiger partial charge on any atom is 0.326 e. The summed E-state index contributed by atoms with van der Waals surface area (Å²) in [4.78, 5) is 36.0. The van der Waals surface area contributed by atoms with Crippen LogP contribution in [0.25, 0.3) is 0 Å². The van der Waals surface area contributed by atoms with Crippen LogP contribution in [0.1, 0.15) is 49.4 Å². The van der Waals surface area contributed by atoms with Crippen LogP contribution < -0.4 is 5.32 Å². The minimum absolute atomic E-state index is 0.00614. The van der Waals surface area contributed by atoms with E-state index in [-0.39, 0.29) is 24.2 Å². The van der Waals surface area contributed by atoms with Gasteiger partial charge in [-0.2, -0.15) is 0 Å². The van der Waals surface area contributed by atoms with Crippen molar-refractivity contribution in [3.63, 3.8) is 0 Å². The third kappa shape index (κ3) is 5.44. The number of benzene rings is 1. The van der Waals surface area contributed by atoms with Gasteiger partial charge in [-0.1, -0.05) is 47.3 Å². The van der Waals surface area contributed by atoms with Crippen molar-refractivity contribution in [2.75, 3.05) is 6.54 Å². The van der Waals surface area contributed by atoms with Gasteiger partial charge in [0.2, 0.25) is 11.7 Å². The molecule has 1 aromatic rings. The molecule has 0 heterocycles. The number of rotatable bonds is 6. The first kappa shape index (κ1) is 18.6. The highest BCUT2D eigenvalue weighted by molar-refractivity contribution is 9.10. The molecule has 1 saturated carbocycles. The number of carbonyl (C=O) groups excluding carboxylic acids is 3. The Morgan fingerprint density at radius 3 is 2.42 bits per heavy atom. The predicted molar refractivity (Wildman–Crippen MR) is 93.6 cm³/mol. The Hall–Kier alpha value is -1.69. The van der Waals surface area contributed by atoms with E-state index in [1.54, 1.807) is 24.3 Å². The number of esters is 1. The van der Waals surface area contributed by atoms with Crippen LogP contribution in [-0.2, 0) is 14.3 Å². The maximum atomic E-state index is 12.2. The first-order valence-electron chi connectivity index (χ1n) is 8.24. The second-order valence-electron chi connectivity index (χ2n) is 6.06. The van der Waals surface area contributed by atoms with Gasteiger partial charge in [0, 0.05) is 16.0 Å². The highest BCUT2D eigenvalue weighted by Crippen LogP contribution is 2.23. The summed E-state index contributed by atoms with van der Waals surface area (Å²) in [5, 5.41) is 2.61. The largest absolute Gasteiger partial charge is 0.453 e. The molecule has 130 valence electrons. The fraction of sp³-hybridized carbons (Fsp3) is 0.500.